The molecule has 0 aromatic heterocycles. The van der Waals surface area contributed by atoms with Crippen molar-refractivity contribution in [3.63, 3.8) is 0 Å². The van der Waals surface area contributed by atoms with Crippen LogP contribution >= 0.6 is 0 Å². The van der Waals surface area contributed by atoms with E-state index in [1.54, 1.807) is 24.3 Å². The molecule has 0 aliphatic rings. The molecule has 2 aromatic rings. The summed E-state index contributed by atoms with van der Waals surface area (Å²) in [5, 5.41) is 8.96. The molecule has 0 saturated heterocycles. The largest absolute Gasteiger partial charge is 0.309 e. The van der Waals surface area contributed by atoms with Gasteiger partial charge >= 0.3 is 0 Å². The minimum Gasteiger partial charge on any atom is -0.309 e. The van der Waals surface area contributed by atoms with Gasteiger partial charge in [-0.25, -0.2) is 0 Å². The van der Waals surface area contributed by atoms with E-state index in [0.717, 1.165) is 5.56 Å². The maximum Gasteiger partial charge on any atom is 0.294 e. The number of nitrogens with zero attached hydrogens (tertiary/aromatic N) is 1. The van der Waals surface area contributed by atoms with Gasteiger partial charge in [0.25, 0.3) is 5.09 Å². The number of hydrogen-bond donors (Lipinski definition) is 0. The summed E-state index contributed by atoms with van der Waals surface area (Å²) in [5.74, 6) is 0. The standard InChI is InChI=1S/C7H7NO3.C7H8/c9-8(10)11-6-7-4-2-1-3-5-7;1-7-5-3-2-4-6-7/h1-5H,6H2;2-6H,1H3. The summed E-state index contributed by atoms with van der Waals surface area (Å²) in [7, 11) is 0. The van der Waals surface area contributed by atoms with Crippen molar-refractivity contribution in [1.29, 1.82) is 0 Å². The van der Waals surface area contributed by atoms with Crippen molar-refractivity contribution in [3.05, 3.63) is 81.9 Å². The van der Waals surface area contributed by atoms with Crippen molar-refractivity contribution < 1.29 is 9.92 Å². The van der Waals surface area contributed by atoms with E-state index in [-0.39, 0.29) is 6.61 Å². The molecule has 0 atom stereocenters. The maximum absolute atomic E-state index is 9.76. The van der Waals surface area contributed by atoms with E-state index in [0.29, 0.717) is 0 Å². The van der Waals surface area contributed by atoms with Crippen molar-refractivity contribution in [1.82, 2.24) is 0 Å². The van der Waals surface area contributed by atoms with E-state index >= 15 is 0 Å². The van der Waals surface area contributed by atoms with Gasteiger partial charge in [-0.3, -0.25) is 0 Å². The Balaban J connectivity index is 0.000000199. The van der Waals surface area contributed by atoms with Gasteiger partial charge in [-0.15, -0.1) is 10.1 Å². The predicted molar refractivity (Wildman–Crippen MR) is 69.4 cm³/mol. The molecule has 0 bridgehead atoms. The Morgan fingerprint density at radius 1 is 1.00 bits per heavy atom. The molecule has 2 rings (SSSR count). The predicted octanol–water partition coefficient (Wildman–Crippen LogP) is 3.39. The fraction of sp³-hybridized carbons (Fsp3) is 0.143. The van der Waals surface area contributed by atoms with E-state index in [4.69, 9.17) is 0 Å². The molecular formula is C14H15NO3. The number of benzene rings is 2. The quantitative estimate of drug-likeness (QED) is 0.615. The van der Waals surface area contributed by atoms with Crippen LogP contribution in [0, 0.1) is 17.0 Å². The summed E-state index contributed by atoms with van der Waals surface area (Å²) >= 11 is 0. The molecular weight excluding hydrogens is 230 g/mol. The minimum absolute atomic E-state index is 0.0217. The lowest BCUT2D eigenvalue weighted by Gasteiger charge is -1.96. The van der Waals surface area contributed by atoms with Crippen LogP contribution < -0.4 is 0 Å². The molecule has 94 valence electrons. The van der Waals surface area contributed by atoms with Gasteiger partial charge in [0.15, 0.2) is 0 Å². The first-order chi connectivity index (χ1) is 8.68. The molecule has 4 heteroatoms. The van der Waals surface area contributed by atoms with Gasteiger partial charge in [0, 0.05) is 0 Å². The van der Waals surface area contributed by atoms with Crippen LogP contribution in [0.15, 0.2) is 60.7 Å². The summed E-state index contributed by atoms with van der Waals surface area (Å²) in [6, 6.07) is 19.2. The average Bonchev–Trinajstić information content (AvgIpc) is 2.39. The highest BCUT2D eigenvalue weighted by Gasteiger charge is 1.94. The Morgan fingerprint density at radius 3 is 1.89 bits per heavy atom. The fourth-order valence-corrected chi connectivity index (χ4v) is 1.24. The zero-order valence-electron chi connectivity index (χ0n) is 10.2. The van der Waals surface area contributed by atoms with Crippen molar-refractivity contribution in [2.45, 2.75) is 13.5 Å². The lowest BCUT2D eigenvalue weighted by Crippen LogP contribution is -1.99. The van der Waals surface area contributed by atoms with Gasteiger partial charge in [0.1, 0.15) is 6.61 Å². The summed E-state index contributed by atoms with van der Waals surface area (Å²) in [6.45, 7) is 2.10. The Kier molecular flexibility index (Phi) is 5.97. The topological polar surface area (TPSA) is 52.4 Å². The lowest BCUT2D eigenvalue weighted by molar-refractivity contribution is -0.763. The summed E-state index contributed by atoms with van der Waals surface area (Å²) < 4.78 is 0. The van der Waals surface area contributed by atoms with E-state index in [1.807, 2.05) is 24.3 Å². The Hall–Kier alpha value is -2.36. The molecule has 0 radical (unpaired) electrons. The zero-order chi connectivity index (χ0) is 13.2. The van der Waals surface area contributed by atoms with Crippen LogP contribution in [0.4, 0.5) is 0 Å². The molecule has 0 spiro atoms. The third kappa shape index (κ3) is 6.27. The van der Waals surface area contributed by atoms with Crippen LogP contribution in [0.2, 0.25) is 0 Å². The van der Waals surface area contributed by atoms with Gasteiger partial charge in [-0.05, 0) is 12.5 Å². The Morgan fingerprint density at radius 2 is 1.50 bits per heavy atom. The molecule has 0 fully saturated rings. The average molecular weight is 245 g/mol. The van der Waals surface area contributed by atoms with Crippen LogP contribution in [0.3, 0.4) is 0 Å². The van der Waals surface area contributed by atoms with Crippen LogP contribution in [0.1, 0.15) is 11.1 Å². The van der Waals surface area contributed by atoms with Crippen LogP contribution in [-0.4, -0.2) is 5.09 Å². The van der Waals surface area contributed by atoms with Gasteiger partial charge in [0.2, 0.25) is 0 Å². The molecule has 0 aliphatic heterocycles. The van der Waals surface area contributed by atoms with Gasteiger partial charge in [-0.2, -0.15) is 0 Å². The molecule has 0 N–H and O–H groups in total. The Bertz CT molecular complexity index is 457. The normalized spacial score (nSPS) is 8.94. The second-order valence-electron chi connectivity index (χ2n) is 3.64. The van der Waals surface area contributed by atoms with Gasteiger partial charge in [0.05, 0.1) is 0 Å². The Labute approximate surface area is 106 Å². The third-order valence-electron chi connectivity index (χ3n) is 2.12. The van der Waals surface area contributed by atoms with E-state index in [2.05, 4.69) is 23.9 Å². The summed E-state index contributed by atoms with van der Waals surface area (Å²) in [4.78, 5) is 13.9. The van der Waals surface area contributed by atoms with E-state index < -0.39 is 5.09 Å². The van der Waals surface area contributed by atoms with Crippen LogP contribution in [0.25, 0.3) is 0 Å². The highest BCUT2D eigenvalue weighted by molar-refractivity contribution is 5.13. The number of aryl methyl sites for hydroxylation is 1. The van der Waals surface area contributed by atoms with Crippen LogP contribution in [-0.2, 0) is 11.4 Å². The monoisotopic (exact) mass is 245 g/mol. The molecule has 2 aromatic carbocycles. The van der Waals surface area contributed by atoms with Gasteiger partial charge in [-0.1, -0.05) is 66.2 Å². The molecule has 0 saturated carbocycles. The highest BCUT2D eigenvalue weighted by atomic mass is 16.9. The maximum atomic E-state index is 9.76. The van der Waals surface area contributed by atoms with Crippen LogP contribution in [0.5, 0.6) is 0 Å². The summed E-state index contributed by atoms with van der Waals surface area (Å²) in [6.07, 6.45) is 0. The van der Waals surface area contributed by atoms with Crippen molar-refractivity contribution >= 4 is 0 Å². The fourth-order valence-electron chi connectivity index (χ4n) is 1.24. The number of hydrogen-bond acceptors (Lipinski definition) is 3. The highest BCUT2D eigenvalue weighted by Crippen LogP contribution is 1.99. The number of rotatable bonds is 3. The molecule has 0 unspecified atom stereocenters. The molecule has 0 aliphatic carbocycles. The first-order valence-corrected chi connectivity index (χ1v) is 5.51. The van der Waals surface area contributed by atoms with E-state index in [1.165, 1.54) is 5.56 Å². The second kappa shape index (κ2) is 7.84. The molecule has 4 nitrogen and oxygen atoms in total. The first kappa shape index (κ1) is 13.7. The van der Waals surface area contributed by atoms with Crippen molar-refractivity contribution in [2.75, 3.05) is 0 Å². The molecule has 0 amide bonds. The lowest BCUT2D eigenvalue weighted by atomic mass is 10.2. The molecule has 0 heterocycles. The van der Waals surface area contributed by atoms with Crippen molar-refractivity contribution in [2.24, 2.45) is 0 Å². The smallest absolute Gasteiger partial charge is 0.294 e. The first-order valence-electron chi connectivity index (χ1n) is 5.51. The summed E-state index contributed by atoms with van der Waals surface area (Å²) in [5.41, 5.74) is 2.12. The zero-order valence-corrected chi connectivity index (χ0v) is 10.2. The van der Waals surface area contributed by atoms with E-state index in [9.17, 15) is 10.1 Å². The SMILES string of the molecule is Cc1ccccc1.O=[N+]([O-])OCc1ccccc1. The van der Waals surface area contributed by atoms with Gasteiger partial charge < -0.3 is 4.84 Å². The molecule has 18 heavy (non-hydrogen) atoms. The third-order valence-corrected chi connectivity index (χ3v) is 2.12. The minimum atomic E-state index is -0.799. The van der Waals surface area contributed by atoms with Crippen molar-refractivity contribution in [3.8, 4) is 0 Å². The second-order valence-corrected chi connectivity index (χ2v) is 3.64.